The second-order valence-electron chi connectivity index (χ2n) is 3.39. The van der Waals surface area contributed by atoms with Crippen LogP contribution in [-0.4, -0.2) is 15.9 Å². The van der Waals surface area contributed by atoms with Gasteiger partial charge in [-0.05, 0) is 24.1 Å². The number of carbonyl (C=O) groups is 1. The van der Waals surface area contributed by atoms with E-state index in [9.17, 15) is 4.79 Å². The molecule has 1 unspecified atom stereocenters. The zero-order chi connectivity index (χ0) is 11.3. The fourth-order valence-electron chi connectivity index (χ4n) is 1.22. The van der Waals surface area contributed by atoms with E-state index < -0.39 is 0 Å². The summed E-state index contributed by atoms with van der Waals surface area (Å²) >= 11 is 5.60. The fraction of sp³-hybridized carbons (Fsp3) is 0.500. The summed E-state index contributed by atoms with van der Waals surface area (Å²) in [6.07, 6.45) is 3.36. The predicted octanol–water partition coefficient (Wildman–Crippen LogP) is 2.50. The Kier molecular flexibility index (Phi) is 4.49. The number of aromatic nitrogens is 2. The Morgan fingerprint density at radius 3 is 3.00 bits per heavy atom. The molecule has 0 bridgehead atoms. The van der Waals surface area contributed by atoms with Gasteiger partial charge in [0, 0.05) is 12.1 Å². The number of anilines is 1. The van der Waals surface area contributed by atoms with E-state index in [1.165, 1.54) is 6.20 Å². The highest BCUT2D eigenvalue weighted by molar-refractivity contribution is 6.28. The van der Waals surface area contributed by atoms with Gasteiger partial charge in [0.2, 0.25) is 11.2 Å². The van der Waals surface area contributed by atoms with Crippen molar-refractivity contribution in [3.63, 3.8) is 0 Å². The van der Waals surface area contributed by atoms with Gasteiger partial charge in [-0.1, -0.05) is 20.3 Å². The number of carbonyl (C=O) groups excluding carboxylic acids is 1. The average Bonchev–Trinajstić information content (AvgIpc) is 2.18. The molecule has 0 saturated carbocycles. The first-order chi connectivity index (χ1) is 7.13. The lowest BCUT2D eigenvalue weighted by molar-refractivity contribution is -0.119. The van der Waals surface area contributed by atoms with Gasteiger partial charge in [-0.25, -0.2) is 9.97 Å². The topological polar surface area (TPSA) is 54.9 Å². The third kappa shape index (κ3) is 3.83. The number of hydrogen-bond donors (Lipinski definition) is 1. The second kappa shape index (κ2) is 5.66. The summed E-state index contributed by atoms with van der Waals surface area (Å²) in [6, 6.07) is 1.61. The molecule has 1 rings (SSSR count). The maximum Gasteiger partial charge on any atom is 0.228 e. The largest absolute Gasteiger partial charge is 0.310 e. The SMILES string of the molecule is CCCC(C)C(=O)Nc1ccnc(Cl)n1. The van der Waals surface area contributed by atoms with Gasteiger partial charge in [0.05, 0.1) is 0 Å². The quantitative estimate of drug-likeness (QED) is 0.805. The molecule has 0 aromatic carbocycles. The molecule has 0 spiro atoms. The summed E-state index contributed by atoms with van der Waals surface area (Å²) in [7, 11) is 0. The van der Waals surface area contributed by atoms with Crippen molar-refractivity contribution in [2.24, 2.45) is 5.92 Å². The first-order valence-electron chi connectivity index (χ1n) is 4.93. The molecule has 0 aliphatic carbocycles. The van der Waals surface area contributed by atoms with E-state index in [0.717, 1.165) is 12.8 Å². The second-order valence-corrected chi connectivity index (χ2v) is 3.73. The Bertz CT molecular complexity index is 343. The van der Waals surface area contributed by atoms with Crippen molar-refractivity contribution in [3.05, 3.63) is 17.5 Å². The van der Waals surface area contributed by atoms with Gasteiger partial charge >= 0.3 is 0 Å². The van der Waals surface area contributed by atoms with Crippen molar-refractivity contribution < 1.29 is 4.79 Å². The number of nitrogens with one attached hydrogen (secondary N) is 1. The van der Waals surface area contributed by atoms with Gasteiger partial charge < -0.3 is 5.32 Å². The summed E-state index contributed by atoms with van der Waals surface area (Å²) in [5.41, 5.74) is 0. The molecule has 0 fully saturated rings. The van der Waals surface area contributed by atoms with Crippen molar-refractivity contribution in [3.8, 4) is 0 Å². The lowest BCUT2D eigenvalue weighted by Crippen LogP contribution is -2.20. The molecule has 1 aromatic rings. The molecule has 1 heterocycles. The van der Waals surface area contributed by atoms with Crippen molar-refractivity contribution in [2.45, 2.75) is 26.7 Å². The van der Waals surface area contributed by atoms with Crippen LogP contribution in [0, 0.1) is 5.92 Å². The van der Waals surface area contributed by atoms with Crippen LogP contribution in [0.2, 0.25) is 5.28 Å². The minimum Gasteiger partial charge on any atom is -0.310 e. The lowest BCUT2D eigenvalue weighted by atomic mass is 10.1. The first kappa shape index (κ1) is 11.9. The highest BCUT2D eigenvalue weighted by Gasteiger charge is 2.12. The van der Waals surface area contributed by atoms with E-state index in [-0.39, 0.29) is 17.1 Å². The van der Waals surface area contributed by atoms with Crippen LogP contribution < -0.4 is 5.32 Å². The summed E-state index contributed by atoms with van der Waals surface area (Å²) < 4.78 is 0. The lowest BCUT2D eigenvalue weighted by Gasteiger charge is -2.09. The summed E-state index contributed by atoms with van der Waals surface area (Å²) in [5, 5.41) is 2.83. The maximum absolute atomic E-state index is 11.6. The molecule has 0 aliphatic rings. The Morgan fingerprint density at radius 2 is 2.40 bits per heavy atom. The monoisotopic (exact) mass is 227 g/mol. The fourth-order valence-corrected chi connectivity index (χ4v) is 1.37. The molecule has 1 N–H and O–H groups in total. The number of halogens is 1. The summed E-state index contributed by atoms with van der Waals surface area (Å²) in [4.78, 5) is 19.2. The average molecular weight is 228 g/mol. The zero-order valence-corrected chi connectivity index (χ0v) is 9.58. The Labute approximate surface area is 94.1 Å². The minimum absolute atomic E-state index is 0.0104. The van der Waals surface area contributed by atoms with E-state index in [2.05, 4.69) is 15.3 Å². The van der Waals surface area contributed by atoms with Crippen LogP contribution in [0.25, 0.3) is 0 Å². The van der Waals surface area contributed by atoms with E-state index in [1.807, 2.05) is 13.8 Å². The van der Waals surface area contributed by atoms with Crippen molar-refractivity contribution in [1.29, 1.82) is 0 Å². The Morgan fingerprint density at radius 1 is 1.67 bits per heavy atom. The molecule has 0 saturated heterocycles. The third-order valence-electron chi connectivity index (χ3n) is 2.05. The van der Waals surface area contributed by atoms with E-state index in [1.54, 1.807) is 6.07 Å². The number of rotatable bonds is 4. The number of hydrogen-bond acceptors (Lipinski definition) is 3. The molecule has 1 atom stereocenters. The Balaban J connectivity index is 2.58. The molecule has 0 aliphatic heterocycles. The van der Waals surface area contributed by atoms with Crippen molar-refractivity contribution in [1.82, 2.24) is 9.97 Å². The van der Waals surface area contributed by atoms with Crippen molar-refractivity contribution in [2.75, 3.05) is 5.32 Å². The maximum atomic E-state index is 11.6. The van der Waals surface area contributed by atoms with Crippen LogP contribution in [0.3, 0.4) is 0 Å². The van der Waals surface area contributed by atoms with E-state index >= 15 is 0 Å². The standard InChI is InChI=1S/C10H14ClN3O/c1-3-4-7(2)9(15)13-8-5-6-12-10(11)14-8/h5-7H,3-4H2,1-2H3,(H,12,13,14,15). The highest BCUT2D eigenvalue weighted by atomic mass is 35.5. The zero-order valence-electron chi connectivity index (χ0n) is 8.83. The number of nitrogens with zero attached hydrogens (tertiary/aromatic N) is 2. The van der Waals surface area contributed by atoms with Crippen LogP contribution >= 0.6 is 11.6 Å². The molecule has 1 amide bonds. The van der Waals surface area contributed by atoms with Crippen LogP contribution in [0.15, 0.2) is 12.3 Å². The van der Waals surface area contributed by atoms with Crippen LogP contribution in [0.1, 0.15) is 26.7 Å². The Hall–Kier alpha value is -1.16. The van der Waals surface area contributed by atoms with Crippen molar-refractivity contribution >= 4 is 23.3 Å². The molecular formula is C10H14ClN3O. The van der Waals surface area contributed by atoms with Gasteiger partial charge in [0.1, 0.15) is 5.82 Å². The first-order valence-corrected chi connectivity index (χ1v) is 5.30. The normalized spacial score (nSPS) is 12.2. The molecular weight excluding hydrogens is 214 g/mol. The highest BCUT2D eigenvalue weighted by Crippen LogP contribution is 2.10. The van der Waals surface area contributed by atoms with Gasteiger partial charge in [0.15, 0.2) is 0 Å². The smallest absolute Gasteiger partial charge is 0.228 e. The minimum atomic E-state index is -0.0355. The number of amides is 1. The van der Waals surface area contributed by atoms with Gasteiger partial charge in [-0.15, -0.1) is 0 Å². The molecule has 82 valence electrons. The summed E-state index contributed by atoms with van der Waals surface area (Å²) in [5.74, 6) is 0.401. The summed E-state index contributed by atoms with van der Waals surface area (Å²) in [6.45, 7) is 3.94. The van der Waals surface area contributed by atoms with Gasteiger partial charge in [-0.3, -0.25) is 4.79 Å². The molecule has 1 aromatic heterocycles. The van der Waals surface area contributed by atoms with Crippen LogP contribution in [0.4, 0.5) is 5.82 Å². The molecule has 4 nitrogen and oxygen atoms in total. The van der Waals surface area contributed by atoms with Gasteiger partial charge in [-0.2, -0.15) is 0 Å². The molecule has 0 radical (unpaired) electrons. The van der Waals surface area contributed by atoms with Crippen LogP contribution in [-0.2, 0) is 4.79 Å². The third-order valence-corrected chi connectivity index (χ3v) is 2.23. The van der Waals surface area contributed by atoms with E-state index in [4.69, 9.17) is 11.6 Å². The molecule has 5 heteroatoms. The van der Waals surface area contributed by atoms with E-state index in [0.29, 0.717) is 5.82 Å². The van der Waals surface area contributed by atoms with Crippen LogP contribution in [0.5, 0.6) is 0 Å². The van der Waals surface area contributed by atoms with Gasteiger partial charge in [0.25, 0.3) is 0 Å². The predicted molar refractivity (Wildman–Crippen MR) is 59.7 cm³/mol. The molecule has 15 heavy (non-hydrogen) atoms.